The van der Waals surface area contributed by atoms with E-state index in [-0.39, 0.29) is 6.04 Å². The van der Waals surface area contributed by atoms with Crippen LogP contribution in [0.25, 0.3) is 11.1 Å². The number of hydrogen-bond donors (Lipinski definition) is 1. The lowest BCUT2D eigenvalue weighted by molar-refractivity contribution is 0.332. The highest BCUT2D eigenvalue weighted by Crippen LogP contribution is 2.33. The van der Waals surface area contributed by atoms with Crippen LogP contribution in [0.5, 0.6) is 0 Å². The van der Waals surface area contributed by atoms with E-state index in [1.54, 1.807) is 0 Å². The van der Waals surface area contributed by atoms with Gasteiger partial charge in [-0.25, -0.2) is 4.98 Å². The van der Waals surface area contributed by atoms with E-state index in [2.05, 4.69) is 24.0 Å². The smallest absolute Gasteiger partial charge is 0.200 e. The second-order valence-electron chi connectivity index (χ2n) is 5.08. The Labute approximate surface area is 101 Å². The Kier molecular flexibility index (Phi) is 2.63. The first-order valence-corrected chi connectivity index (χ1v) is 6.37. The summed E-state index contributed by atoms with van der Waals surface area (Å²) in [5.41, 5.74) is 9.21. The number of oxazole rings is 1. The minimum absolute atomic E-state index is 0.206. The molecule has 0 spiro atoms. The van der Waals surface area contributed by atoms with Gasteiger partial charge in [0.25, 0.3) is 0 Å². The standard InChI is InChI=1S/C14H18N2O/c1-9-6-7-13-12(8-9)16-14(17-13)10-4-2-3-5-11(10)15/h6-8,10-11H,2-5,15H2,1H3. The summed E-state index contributed by atoms with van der Waals surface area (Å²) < 4.78 is 5.84. The fourth-order valence-electron chi connectivity index (χ4n) is 2.68. The first-order valence-electron chi connectivity index (χ1n) is 6.37. The van der Waals surface area contributed by atoms with Crippen molar-refractivity contribution in [1.82, 2.24) is 4.98 Å². The van der Waals surface area contributed by atoms with Crippen LogP contribution in [0, 0.1) is 6.92 Å². The molecule has 2 unspecified atom stereocenters. The molecule has 0 saturated heterocycles. The third-order valence-corrected chi connectivity index (χ3v) is 3.70. The summed E-state index contributed by atoms with van der Waals surface area (Å²) in [7, 11) is 0. The molecule has 1 heterocycles. The Morgan fingerprint density at radius 3 is 2.94 bits per heavy atom. The SMILES string of the molecule is Cc1ccc2oc(C3CCCCC3N)nc2c1. The van der Waals surface area contributed by atoms with Crippen LogP contribution in [0.15, 0.2) is 22.6 Å². The van der Waals surface area contributed by atoms with Gasteiger partial charge in [-0.3, -0.25) is 0 Å². The van der Waals surface area contributed by atoms with Gasteiger partial charge in [0.2, 0.25) is 0 Å². The van der Waals surface area contributed by atoms with Crippen LogP contribution in [0.2, 0.25) is 0 Å². The molecular weight excluding hydrogens is 212 g/mol. The molecule has 2 N–H and O–H groups in total. The van der Waals surface area contributed by atoms with E-state index in [1.807, 2.05) is 6.07 Å². The van der Waals surface area contributed by atoms with E-state index in [4.69, 9.17) is 10.2 Å². The van der Waals surface area contributed by atoms with E-state index in [9.17, 15) is 0 Å². The van der Waals surface area contributed by atoms with E-state index in [0.717, 1.165) is 29.8 Å². The molecule has 0 amide bonds. The van der Waals surface area contributed by atoms with Crippen molar-refractivity contribution < 1.29 is 4.42 Å². The van der Waals surface area contributed by atoms with Crippen LogP contribution < -0.4 is 5.73 Å². The monoisotopic (exact) mass is 230 g/mol. The van der Waals surface area contributed by atoms with Crippen LogP contribution in [0.4, 0.5) is 0 Å². The molecule has 0 radical (unpaired) electrons. The van der Waals surface area contributed by atoms with Crippen molar-refractivity contribution in [3.05, 3.63) is 29.7 Å². The molecule has 0 bridgehead atoms. The van der Waals surface area contributed by atoms with Gasteiger partial charge in [0, 0.05) is 6.04 Å². The van der Waals surface area contributed by atoms with Crippen molar-refractivity contribution in [2.75, 3.05) is 0 Å². The number of benzene rings is 1. The molecule has 3 heteroatoms. The van der Waals surface area contributed by atoms with E-state index in [0.29, 0.717) is 5.92 Å². The normalized spacial score (nSPS) is 25.3. The minimum atomic E-state index is 0.206. The van der Waals surface area contributed by atoms with Gasteiger partial charge >= 0.3 is 0 Å². The lowest BCUT2D eigenvalue weighted by atomic mass is 9.85. The van der Waals surface area contributed by atoms with Crippen LogP contribution in [-0.4, -0.2) is 11.0 Å². The molecule has 0 aliphatic heterocycles. The third-order valence-electron chi connectivity index (χ3n) is 3.70. The lowest BCUT2D eigenvalue weighted by Gasteiger charge is -2.25. The molecular formula is C14H18N2O. The molecule has 2 atom stereocenters. The first kappa shape index (κ1) is 10.8. The number of aryl methyl sites for hydroxylation is 1. The second-order valence-corrected chi connectivity index (χ2v) is 5.08. The summed E-state index contributed by atoms with van der Waals surface area (Å²) in [4.78, 5) is 4.60. The number of fused-ring (bicyclic) bond motifs is 1. The van der Waals surface area contributed by atoms with Crippen molar-refractivity contribution in [3.63, 3.8) is 0 Å². The summed E-state index contributed by atoms with van der Waals surface area (Å²) in [6, 6.07) is 6.32. The molecule has 3 nitrogen and oxygen atoms in total. The Bertz CT molecular complexity index is 532. The van der Waals surface area contributed by atoms with Crippen LogP contribution >= 0.6 is 0 Å². The van der Waals surface area contributed by atoms with Crippen molar-refractivity contribution in [2.45, 2.75) is 44.6 Å². The molecule has 1 aliphatic carbocycles. The summed E-state index contributed by atoms with van der Waals surface area (Å²) in [5, 5.41) is 0. The number of nitrogens with two attached hydrogens (primary N) is 1. The Morgan fingerprint density at radius 1 is 1.29 bits per heavy atom. The number of aromatic nitrogens is 1. The highest BCUT2D eigenvalue weighted by atomic mass is 16.3. The number of hydrogen-bond acceptors (Lipinski definition) is 3. The summed E-state index contributed by atoms with van der Waals surface area (Å²) >= 11 is 0. The third kappa shape index (κ3) is 1.95. The zero-order valence-corrected chi connectivity index (χ0v) is 10.1. The largest absolute Gasteiger partial charge is 0.440 e. The van der Waals surface area contributed by atoms with E-state index in [1.165, 1.54) is 18.4 Å². The molecule has 1 aromatic carbocycles. The topological polar surface area (TPSA) is 52.0 Å². The maximum Gasteiger partial charge on any atom is 0.200 e. The highest BCUT2D eigenvalue weighted by Gasteiger charge is 2.27. The maximum absolute atomic E-state index is 6.16. The van der Waals surface area contributed by atoms with Gasteiger partial charge in [-0.05, 0) is 37.5 Å². The zero-order chi connectivity index (χ0) is 11.8. The fraction of sp³-hybridized carbons (Fsp3) is 0.500. The predicted octanol–water partition coefficient (Wildman–Crippen LogP) is 3.12. The average Bonchev–Trinajstić information content (AvgIpc) is 2.72. The van der Waals surface area contributed by atoms with Gasteiger partial charge in [-0.15, -0.1) is 0 Å². The average molecular weight is 230 g/mol. The number of rotatable bonds is 1. The van der Waals surface area contributed by atoms with Gasteiger partial charge in [0.15, 0.2) is 11.5 Å². The first-order chi connectivity index (χ1) is 8.24. The van der Waals surface area contributed by atoms with Crippen molar-refractivity contribution in [2.24, 2.45) is 5.73 Å². The molecule has 1 saturated carbocycles. The van der Waals surface area contributed by atoms with E-state index >= 15 is 0 Å². The van der Waals surface area contributed by atoms with Gasteiger partial charge in [-0.2, -0.15) is 0 Å². The molecule has 2 aromatic rings. The zero-order valence-electron chi connectivity index (χ0n) is 10.1. The minimum Gasteiger partial charge on any atom is -0.440 e. The predicted molar refractivity (Wildman–Crippen MR) is 67.9 cm³/mol. The molecule has 1 aromatic heterocycles. The van der Waals surface area contributed by atoms with E-state index < -0.39 is 0 Å². The quantitative estimate of drug-likeness (QED) is 0.818. The highest BCUT2D eigenvalue weighted by molar-refractivity contribution is 5.73. The Hall–Kier alpha value is -1.35. The lowest BCUT2D eigenvalue weighted by Crippen LogP contribution is -2.31. The van der Waals surface area contributed by atoms with Crippen LogP contribution in [0.3, 0.4) is 0 Å². The molecule has 3 rings (SSSR count). The Morgan fingerprint density at radius 2 is 2.12 bits per heavy atom. The summed E-state index contributed by atoms with van der Waals surface area (Å²) in [5.74, 6) is 1.13. The molecule has 90 valence electrons. The van der Waals surface area contributed by atoms with Crippen LogP contribution in [0.1, 0.15) is 43.1 Å². The van der Waals surface area contributed by atoms with Gasteiger partial charge in [-0.1, -0.05) is 18.9 Å². The molecule has 1 fully saturated rings. The van der Waals surface area contributed by atoms with Crippen molar-refractivity contribution >= 4 is 11.1 Å². The van der Waals surface area contributed by atoms with Gasteiger partial charge < -0.3 is 10.2 Å². The van der Waals surface area contributed by atoms with Crippen LogP contribution in [-0.2, 0) is 0 Å². The Balaban J connectivity index is 1.99. The second kappa shape index (κ2) is 4.15. The number of nitrogens with zero attached hydrogens (tertiary/aromatic N) is 1. The van der Waals surface area contributed by atoms with Gasteiger partial charge in [0.1, 0.15) is 5.52 Å². The molecule has 1 aliphatic rings. The maximum atomic E-state index is 6.16. The molecule has 17 heavy (non-hydrogen) atoms. The van der Waals surface area contributed by atoms with Crippen molar-refractivity contribution in [1.29, 1.82) is 0 Å². The summed E-state index contributed by atoms with van der Waals surface area (Å²) in [6.07, 6.45) is 4.66. The van der Waals surface area contributed by atoms with Gasteiger partial charge in [0.05, 0.1) is 5.92 Å². The fourth-order valence-corrected chi connectivity index (χ4v) is 2.68. The van der Waals surface area contributed by atoms with Crippen molar-refractivity contribution in [3.8, 4) is 0 Å². The summed E-state index contributed by atoms with van der Waals surface area (Å²) in [6.45, 7) is 2.07.